The number of anilines is 2. The number of nitrogens with two attached hydrogens (primary N) is 2. The summed E-state index contributed by atoms with van der Waals surface area (Å²) in [6.45, 7) is 4.32. The van der Waals surface area contributed by atoms with Crippen LogP contribution in [0, 0.1) is 10.8 Å². The lowest BCUT2D eigenvalue weighted by Gasteiger charge is -2.30. The van der Waals surface area contributed by atoms with Gasteiger partial charge in [0, 0.05) is 74.7 Å². The highest BCUT2D eigenvalue weighted by molar-refractivity contribution is 8.13. The molecule has 0 saturated carbocycles. The van der Waals surface area contributed by atoms with Gasteiger partial charge < -0.3 is 102 Å². The number of nitrogen functional groups attached to an aromatic ring is 2. The smallest absolute Gasteiger partial charge is 0.386 e. The van der Waals surface area contributed by atoms with Gasteiger partial charge in [0.25, 0.3) is 0 Å². The zero-order valence-electron chi connectivity index (χ0n) is 55.6. The number of hydrogen-bond acceptors (Lipinski definition) is 36. The standard InChI is InChI=1S/C25H42N7O17P3S.C23H38N7O17P3S/c1-4-5-16(34)53-9-8-27-15(33)6-7-28-23(37)20(36)25(2,3)11-46-52(43,44)49-51(41,42)45-10-14-19(48-50(38,39)40)18(35)24(47-14)32-13-31-17-21(26)29-12-30-22(17)32;1-12(31)51-7-6-25-14(32)4-5-26-21(35)18(34)23(2,3)9-44-50(41,42)47-49(39,40)43-8-13-17(46-48(36,37)38)16(33)22(45-13)30-11-29-15-19(24)27-10-28-20(15)30/h12-14,18-20,24,35-36H,4-11H2,1-3H3,(H,27,33)(H,28,37)(H,41,42)(H,43,44)(H2,26,29,30)(H2,38,39,40);10-11,13,16-18,22,33-34H,4-9H2,1-3H3,(H,25,32)(H,26,35)(H,39,40)(H,41,42)(H2,24,27,28)(H2,36,37,38)/t14-,18-,19-,20+,24-;13-,16-,17-,18+,22-/m11/s1. The summed E-state index contributed by atoms with van der Waals surface area (Å²) in [6, 6.07) is 0. The molecule has 56 heteroatoms. The fraction of sp³-hybridized carbons (Fsp3) is 0.667. The Kier molecular flexibility index (Phi) is 33.2. The highest BCUT2D eigenvalue weighted by Gasteiger charge is 2.52. The van der Waals surface area contributed by atoms with Crippen molar-refractivity contribution in [2.24, 2.45) is 10.8 Å². The summed E-state index contributed by atoms with van der Waals surface area (Å²) >= 11 is 2.12. The van der Waals surface area contributed by atoms with E-state index in [9.17, 15) is 116 Å². The molecule has 4 aromatic rings. The van der Waals surface area contributed by atoms with E-state index < -0.39 is 169 Å². The number of hydrogen-bond donors (Lipinski definition) is 18. The molecule has 14 atom stereocenters. The molecule has 0 spiro atoms. The van der Waals surface area contributed by atoms with E-state index in [-0.39, 0.29) is 83.2 Å². The number of phosphoric acid groups is 6. The molecule has 2 aliphatic heterocycles. The van der Waals surface area contributed by atoms with Gasteiger partial charge in [-0.15, -0.1) is 0 Å². The molecular weight excluding hydrogens is 1570 g/mol. The van der Waals surface area contributed by atoms with Gasteiger partial charge in [-0.3, -0.25) is 65.0 Å². The van der Waals surface area contributed by atoms with Gasteiger partial charge in [-0.1, -0.05) is 58.1 Å². The van der Waals surface area contributed by atoms with Crippen molar-refractivity contribution in [1.29, 1.82) is 0 Å². The van der Waals surface area contributed by atoms with Crippen molar-refractivity contribution in [3.63, 3.8) is 0 Å². The number of amides is 4. The number of fused-ring (bicyclic) bond motifs is 2. The Hall–Kier alpha value is -4.88. The number of aliphatic hydroxyl groups excluding tert-OH is 4. The van der Waals surface area contributed by atoms with E-state index in [1.165, 1.54) is 34.6 Å². The quantitative estimate of drug-likeness (QED) is 0.0172. The van der Waals surface area contributed by atoms with Crippen molar-refractivity contribution in [3.05, 3.63) is 25.3 Å². The van der Waals surface area contributed by atoms with Gasteiger partial charge in [0.2, 0.25) is 23.6 Å². The Bertz CT molecular complexity index is 3950. The molecule has 2 saturated heterocycles. The van der Waals surface area contributed by atoms with Gasteiger partial charge >= 0.3 is 46.9 Å². The third-order valence-corrected chi connectivity index (χ3v) is 22.0. The minimum absolute atomic E-state index is 0.0127. The number of rotatable bonds is 40. The molecule has 20 N–H and O–H groups in total. The van der Waals surface area contributed by atoms with Crippen LogP contribution in [0.2, 0.25) is 0 Å². The molecule has 2 fully saturated rings. The molecule has 0 radical (unpaired) electrons. The predicted octanol–water partition coefficient (Wildman–Crippen LogP) is -1.85. The monoisotopic (exact) mass is 1650 g/mol. The summed E-state index contributed by atoms with van der Waals surface area (Å²) in [7, 11) is -32.7. The van der Waals surface area contributed by atoms with Crippen molar-refractivity contribution in [2.45, 2.75) is 129 Å². The van der Waals surface area contributed by atoms with E-state index in [4.69, 9.17) is 39.0 Å². The Morgan fingerprint density at radius 2 is 0.923 bits per heavy atom. The van der Waals surface area contributed by atoms with E-state index in [2.05, 4.69) is 68.8 Å². The second-order valence-electron chi connectivity index (χ2n) is 23.4. The number of phosphoric ester groups is 6. The van der Waals surface area contributed by atoms with Crippen LogP contribution in [0.25, 0.3) is 22.3 Å². The lowest BCUT2D eigenvalue weighted by Crippen LogP contribution is -2.46. The van der Waals surface area contributed by atoms with Crippen molar-refractivity contribution >= 4 is 138 Å². The van der Waals surface area contributed by atoms with Gasteiger partial charge in [0.05, 0.1) is 39.1 Å². The minimum Gasteiger partial charge on any atom is -0.386 e. The average Bonchev–Trinajstić information content (AvgIpc) is 1.62. The second-order valence-corrected chi connectivity index (χ2v) is 34.3. The number of thioether (sulfide) groups is 2. The van der Waals surface area contributed by atoms with Gasteiger partial charge in [-0.2, -0.15) is 8.62 Å². The van der Waals surface area contributed by atoms with Crippen molar-refractivity contribution in [3.8, 4) is 0 Å². The van der Waals surface area contributed by atoms with Crippen LogP contribution in [0.5, 0.6) is 0 Å². The third-order valence-electron chi connectivity index (χ3n) is 14.0. The first kappa shape index (κ1) is 89.7. The number of imidazole rings is 2. The minimum atomic E-state index is -5.56. The lowest BCUT2D eigenvalue weighted by molar-refractivity contribution is -0.137. The number of aromatic nitrogens is 8. The predicted molar refractivity (Wildman–Crippen MR) is 355 cm³/mol. The van der Waals surface area contributed by atoms with Crippen molar-refractivity contribution < 1.29 is 161 Å². The second kappa shape index (κ2) is 38.5. The van der Waals surface area contributed by atoms with Crippen LogP contribution < -0.4 is 32.7 Å². The molecule has 0 aromatic carbocycles. The molecule has 4 unspecified atom stereocenters. The van der Waals surface area contributed by atoms with E-state index in [0.717, 1.165) is 64.4 Å². The first-order valence-electron chi connectivity index (χ1n) is 30.1. The van der Waals surface area contributed by atoms with Gasteiger partial charge in [0.1, 0.15) is 72.5 Å². The molecule has 6 rings (SSSR count). The number of aliphatic hydroxyl groups is 4. The number of carbonyl (C=O) groups excluding carboxylic acids is 6. The van der Waals surface area contributed by atoms with Crippen LogP contribution in [0.15, 0.2) is 25.3 Å². The van der Waals surface area contributed by atoms with E-state index >= 15 is 0 Å². The molecule has 2 aliphatic rings. The summed E-state index contributed by atoms with van der Waals surface area (Å²) < 4.78 is 124. The summed E-state index contributed by atoms with van der Waals surface area (Å²) in [6.07, 6.45) is -12.6. The van der Waals surface area contributed by atoms with E-state index in [1.807, 2.05) is 6.92 Å². The fourth-order valence-corrected chi connectivity index (χ4v) is 15.8. The zero-order chi connectivity index (χ0) is 78.1. The SMILES string of the molecule is CC(=O)SCCNC(=O)CCNC(=O)[C@H](O)C(C)(C)COP(=O)(O)OP(=O)(O)OC[C@H]1O[C@@H](n2cnc3c(N)ncnc32)[C@H](O)[C@@H]1OP(=O)(O)O.CCCC(=O)SCCNC(=O)CCNC(=O)[C@H](O)C(C)(C)COP(=O)(O)OP(=O)(O)OC[C@H]1O[C@@H](n2cnc3c(N)ncnc32)[C@H](O)[C@@H]1OP(=O)(O)O. The normalized spacial score (nSPS) is 22.4. The third kappa shape index (κ3) is 28.3. The summed E-state index contributed by atoms with van der Waals surface area (Å²) in [5.41, 5.74) is 8.53. The Labute approximate surface area is 597 Å². The zero-order valence-corrected chi connectivity index (χ0v) is 62.6. The van der Waals surface area contributed by atoms with E-state index in [0.29, 0.717) is 17.9 Å². The molecule has 588 valence electrons. The van der Waals surface area contributed by atoms with Crippen LogP contribution in [-0.2, 0) is 101 Å². The Morgan fingerprint density at radius 3 is 1.28 bits per heavy atom. The first-order valence-corrected chi connectivity index (χ1v) is 41.2. The van der Waals surface area contributed by atoms with Gasteiger partial charge in [-0.25, -0.2) is 57.3 Å². The van der Waals surface area contributed by atoms with Gasteiger partial charge in [0.15, 0.2) is 45.6 Å². The Balaban J connectivity index is 0.000000374. The molecule has 104 heavy (non-hydrogen) atoms. The fourth-order valence-electron chi connectivity index (χ4n) is 8.90. The number of nitrogens with zero attached hydrogens (tertiary/aromatic N) is 8. The average molecular weight is 1650 g/mol. The summed E-state index contributed by atoms with van der Waals surface area (Å²) in [5.74, 6) is -2.14. The lowest BCUT2D eigenvalue weighted by atomic mass is 9.87. The first-order chi connectivity index (χ1) is 48.1. The molecule has 4 amide bonds. The van der Waals surface area contributed by atoms with Crippen LogP contribution in [0.1, 0.15) is 79.7 Å². The summed E-state index contributed by atoms with van der Waals surface area (Å²) in [5, 5.41) is 52.3. The number of ether oxygens (including phenoxy) is 2. The molecule has 0 aliphatic carbocycles. The Morgan fingerprint density at radius 1 is 0.558 bits per heavy atom. The van der Waals surface area contributed by atoms with Crippen molar-refractivity contribution in [1.82, 2.24) is 60.3 Å². The van der Waals surface area contributed by atoms with E-state index in [1.54, 1.807) is 0 Å². The maximum Gasteiger partial charge on any atom is 0.481 e. The molecule has 4 aromatic heterocycles. The molecular formula is C48H80N14O34P6S2. The molecule has 48 nitrogen and oxygen atoms in total. The van der Waals surface area contributed by atoms with Crippen LogP contribution >= 0.6 is 70.5 Å². The summed E-state index contributed by atoms with van der Waals surface area (Å²) in [4.78, 5) is 173. The largest absolute Gasteiger partial charge is 0.481 e. The molecule has 6 heterocycles. The topological polar surface area (TPSA) is 727 Å². The van der Waals surface area contributed by atoms with Crippen LogP contribution in [-0.4, -0.2) is 245 Å². The maximum atomic E-state index is 12.6. The van der Waals surface area contributed by atoms with Crippen LogP contribution in [0.3, 0.4) is 0 Å². The molecule has 0 bridgehead atoms. The van der Waals surface area contributed by atoms with Crippen molar-refractivity contribution in [2.75, 3.05) is 75.6 Å². The van der Waals surface area contributed by atoms with Crippen LogP contribution in [0.4, 0.5) is 11.6 Å². The number of nitrogens with one attached hydrogen (secondary N) is 4. The van der Waals surface area contributed by atoms with Gasteiger partial charge in [-0.05, 0) is 6.42 Å². The maximum absolute atomic E-state index is 12.6. The highest BCUT2D eigenvalue weighted by Crippen LogP contribution is 2.63. The number of carbonyl (C=O) groups is 6. The highest BCUT2D eigenvalue weighted by atomic mass is 32.2.